The van der Waals surface area contributed by atoms with Crippen LogP contribution in [-0.4, -0.2) is 29.9 Å². The Morgan fingerprint density at radius 1 is 1.26 bits per heavy atom. The zero-order valence-electron chi connectivity index (χ0n) is 10.7. The molecule has 5 nitrogen and oxygen atoms in total. The fraction of sp³-hybridized carbons (Fsp3) is 0.286. The molecule has 100 valence electrons. The highest BCUT2D eigenvalue weighted by molar-refractivity contribution is 5.38. The van der Waals surface area contributed by atoms with E-state index < -0.39 is 0 Å². The molecule has 0 saturated heterocycles. The van der Waals surface area contributed by atoms with E-state index in [-0.39, 0.29) is 6.10 Å². The lowest BCUT2D eigenvalue weighted by molar-refractivity contribution is -0.133. The number of aromatic amines is 1. The van der Waals surface area contributed by atoms with Gasteiger partial charge in [-0.3, -0.25) is 9.89 Å². The van der Waals surface area contributed by atoms with Gasteiger partial charge in [0.1, 0.15) is 11.9 Å². The van der Waals surface area contributed by atoms with Crippen LogP contribution in [0.15, 0.2) is 36.7 Å². The molecule has 1 N–H and O–H groups in total. The number of hydrogen-bond acceptors (Lipinski definition) is 4. The van der Waals surface area contributed by atoms with Gasteiger partial charge < -0.3 is 9.47 Å². The molecule has 5 heteroatoms. The van der Waals surface area contributed by atoms with E-state index in [1.165, 1.54) is 0 Å². The van der Waals surface area contributed by atoms with Gasteiger partial charge in [0.25, 0.3) is 6.47 Å². The zero-order chi connectivity index (χ0) is 13.5. The standard InChI is InChI=1S/C14H16N2O3/c1-18-13-4-2-11(3-5-13)6-14(19-10-17)7-12-8-15-16-9-12/h2-5,8-10,14H,6-7H2,1H3,(H,15,16). The van der Waals surface area contributed by atoms with E-state index in [1.54, 1.807) is 19.5 Å². The third kappa shape index (κ3) is 3.84. The lowest BCUT2D eigenvalue weighted by atomic mass is 10.0. The Balaban J connectivity index is 2.00. The van der Waals surface area contributed by atoms with Crippen LogP contribution in [0.3, 0.4) is 0 Å². The molecule has 0 aliphatic rings. The molecule has 0 spiro atoms. The van der Waals surface area contributed by atoms with Crippen molar-refractivity contribution in [3.05, 3.63) is 47.8 Å². The highest BCUT2D eigenvalue weighted by Crippen LogP contribution is 2.15. The molecule has 1 aromatic carbocycles. The highest BCUT2D eigenvalue weighted by atomic mass is 16.5. The Labute approximate surface area is 111 Å². The fourth-order valence-corrected chi connectivity index (χ4v) is 1.92. The second-order valence-electron chi connectivity index (χ2n) is 4.22. The summed E-state index contributed by atoms with van der Waals surface area (Å²) < 4.78 is 10.2. The maximum atomic E-state index is 10.6. The largest absolute Gasteiger partial charge is 0.497 e. The van der Waals surface area contributed by atoms with Gasteiger partial charge in [-0.2, -0.15) is 5.10 Å². The number of H-pyrrole nitrogens is 1. The van der Waals surface area contributed by atoms with Crippen molar-refractivity contribution in [1.82, 2.24) is 10.2 Å². The van der Waals surface area contributed by atoms with Gasteiger partial charge in [-0.15, -0.1) is 0 Å². The molecule has 1 atom stereocenters. The molecule has 2 rings (SSSR count). The van der Waals surface area contributed by atoms with Crippen molar-refractivity contribution in [3.63, 3.8) is 0 Å². The van der Waals surface area contributed by atoms with Crippen molar-refractivity contribution in [3.8, 4) is 5.75 Å². The van der Waals surface area contributed by atoms with Crippen LogP contribution < -0.4 is 4.74 Å². The summed E-state index contributed by atoms with van der Waals surface area (Å²) in [4.78, 5) is 10.6. The maximum Gasteiger partial charge on any atom is 0.293 e. The first kappa shape index (κ1) is 13.1. The summed E-state index contributed by atoms with van der Waals surface area (Å²) in [5.74, 6) is 0.812. The molecule has 0 saturated carbocycles. The van der Waals surface area contributed by atoms with Gasteiger partial charge in [-0.25, -0.2) is 0 Å². The van der Waals surface area contributed by atoms with Gasteiger partial charge in [0.15, 0.2) is 0 Å². The second-order valence-corrected chi connectivity index (χ2v) is 4.22. The molecule has 0 aliphatic carbocycles. The molecule has 0 aliphatic heterocycles. The van der Waals surface area contributed by atoms with Crippen LogP contribution in [-0.2, 0) is 22.4 Å². The molecule has 0 radical (unpaired) electrons. The summed E-state index contributed by atoms with van der Waals surface area (Å²) in [6.07, 6.45) is 4.64. The number of rotatable bonds is 7. The monoisotopic (exact) mass is 260 g/mol. The summed E-state index contributed by atoms with van der Waals surface area (Å²) in [5, 5.41) is 6.63. The summed E-state index contributed by atoms with van der Waals surface area (Å²) in [6, 6.07) is 7.72. The number of aromatic nitrogens is 2. The SMILES string of the molecule is COc1ccc(CC(Cc2cn[nH]c2)OC=O)cc1. The van der Waals surface area contributed by atoms with E-state index in [9.17, 15) is 4.79 Å². The molecular formula is C14H16N2O3. The van der Waals surface area contributed by atoms with Crippen LogP contribution >= 0.6 is 0 Å². The Kier molecular flexibility index (Phi) is 4.55. The van der Waals surface area contributed by atoms with Crippen molar-refractivity contribution < 1.29 is 14.3 Å². The predicted molar refractivity (Wildman–Crippen MR) is 69.9 cm³/mol. The Morgan fingerprint density at radius 2 is 2.00 bits per heavy atom. The molecule has 0 bridgehead atoms. The minimum Gasteiger partial charge on any atom is -0.497 e. The molecule has 0 amide bonds. The van der Waals surface area contributed by atoms with E-state index in [0.29, 0.717) is 19.3 Å². The fourth-order valence-electron chi connectivity index (χ4n) is 1.92. The van der Waals surface area contributed by atoms with Gasteiger partial charge in [-0.05, 0) is 23.3 Å². The average Bonchev–Trinajstić information content (AvgIpc) is 2.93. The number of ether oxygens (including phenoxy) is 2. The van der Waals surface area contributed by atoms with Gasteiger partial charge in [-0.1, -0.05) is 12.1 Å². The molecule has 1 unspecified atom stereocenters. The normalized spacial score (nSPS) is 11.8. The molecule has 1 aromatic heterocycles. The van der Waals surface area contributed by atoms with Gasteiger partial charge in [0.2, 0.25) is 0 Å². The van der Waals surface area contributed by atoms with Gasteiger partial charge in [0.05, 0.1) is 13.3 Å². The number of carbonyl (C=O) groups excluding carboxylic acids is 1. The lowest BCUT2D eigenvalue weighted by Crippen LogP contribution is -2.18. The van der Waals surface area contributed by atoms with Gasteiger partial charge in [0, 0.05) is 19.0 Å². The first-order chi connectivity index (χ1) is 9.31. The smallest absolute Gasteiger partial charge is 0.293 e. The summed E-state index contributed by atoms with van der Waals surface area (Å²) in [7, 11) is 1.63. The van der Waals surface area contributed by atoms with E-state index in [1.807, 2.05) is 24.3 Å². The number of benzene rings is 1. The number of hydrogen-bond donors (Lipinski definition) is 1. The van der Waals surface area contributed by atoms with E-state index in [2.05, 4.69) is 10.2 Å². The lowest BCUT2D eigenvalue weighted by Gasteiger charge is -2.14. The zero-order valence-corrected chi connectivity index (χ0v) is 10.7. The van der Waals surface area contributed by atoms with Crippen LogP contribution in [0.2, 0.25) is 0 Å². The first-order valence-corrected chi connectivity index (χ1v) is 6.01. The van der Waals surface area contributed by atoms with E-state index >= 15 is 0 Å². The van der Waals surface area contributed by atoms with E-state index in [0.717, 1.165) is 16.9 Å². The topological polar surface area (TPSA) is 64.2 Å². The van der Waals surface area contributed by atoms with Crippen molar-refractivity contribution in [1.29, 1.82) is 0 Å². The van der Waals surface area contributed by atoms with Crippen molar-refractivity contribution in [2.75, 3.05) is 7.11 Å². The third-order valence-corrected chi connectivity index (χ3v) is 2.89. The number of carbonyl (C=O) groups is 1. The quantitative estimate of drug-likeness (QED) is 0.770. The third-order valence-electron chi connectivity index (χ3n) is 2.89. The highest BCUT2D eigenvalue weighted by Gasteiger charge is 2.12. The Hall–Kier alpha value is -2.30. The number of nitrogens with one attached hydrogen (secondary N) is 1. The van der Waals surface area contributed by atoms with Crippen molar-refractivity contribution in [2.24, 2.45) is 0 Å². The van der Waals surface area contributed by atoms with Crippen molar-refractivity contribution in [2.45, 2.75) is 18.9 Å². The Morgan fingerprint density at radius 3 is 2.58 bits per heavy atom. The predicted octanol–water partition coefficient (Wildman–Crippen LogP) is 1.75. The minimum absolute atomic E-state index is 0.191. The summed E-state index contributed by atoms with van der Waals surface area (Å²) >= 11 is 0. The van der Waals surface area contributed by atoms with Crippen LogP contribution in [0.4, 0.5) is 0 Å². The summed E-state index contributed by atoms with van der Waals surface area (Å²) in [5.41, 5.74) is 2.11. The number of methoxy groups -OCH3 is 1. The number of nitrogens with zero attached hydrogens (tertiary/aromatic N) is 1. The first-order valence-electron chi connectivity index (χ1n) is 6.01. The van der Waals surface area contributed by atoms with Crippen molar-refractivity contribution >= 4 is 6.47 Å². The minimum atomic E-state index is -0.191. The summed E-state index contributed by atoms with van der Waals surface area (Å²) in [6.45, 7) is 0.494. The van der Waals surface area contributed by atoms with E-state index in [4.69, 9.17) is 9.47 Å². The Bertz CT molecular complexity index is 494. The van der Waals surface area contributed by atoms with Gasteiger partial charge >= 0.3 is 0 Å². The molecule has 2 aromatic rings. The van der Waals surface area contributed by atoms with Crippen LogP contribution in [0.25, 0.3) is 0 Å². The average molecular weight is 260 g/mol. The van der Waals surface area contributed by atoms with Crippen LogP contribution in [0.5, 0.6) is 5.75 Å². The molecular weight excluding hydrogens is 244 g/mol. The van der Waals surface area contributed by atoms with Crippen LogP contribution in [0, 0.1) is 0 Å². The van der Waals surface area contributed by atoms with Crippen LogP contribution in [0.1, 0.15) is 11.1 Å². The molecule has 19 heavy (non-hydrogen) atoms. The second kappa shape index (κ2) is 6.58. The maximum absolute atomic E-state index is 10.6. The molecule has 0 fully saturated rings. The molecule has 1 heterocycles.